The number of hydrogen-bond acceptors (Lipinski definition) is 3. The SMILES string of the molecule is O=C(NCc1cc(S)cc([B-](F)(F)F)c1)OCC1c2ccccc2-c2ccccc21. The highest BCUT2D eigenvalue weighted by molar-refractivity contribution is 7.80. The van der Waals surface area contributed by atoms with E-state index in [4.69, 9.17) is 4.74 Å². The lowest BCUT2D eigenvalue weighted by Crippen LogP contribution is -2.35. The van der Waals surface area contributed by atoms with E-state index >= 15 is 0 Å². The van der Waals surface area contributed by atoms with Crippen molar-refractivity contribution >= 4 is 31.2 Å². The highest BCUT2D eigenvalue weighted by Crippen LogP contribution is 2.44. The van der Waals surface area contributed by atoms with Gasteiger partial charge in [0.25, 0.3) is 0 Å². The van der Waals surface area contributed by atoms with Crippen molar-refractivity contribution in [2.45, 2.75) is 17.4 Å². The van der Waals surface area contributed by atoms with E-state index in [9.17, 15) is 17.7 Å². The van der Waals surface area contributed by atoms with Crippen molar-refractivity contribution in [3.05, 3.63) is 83.4 Å². The van der Waals surface area contributed by atoms with Crippen LogP contribution < -0.4 is 10.8 Å². The Labute approximate surface area is 177 Å². The first-order chi connectivity index (χ1) is 14.3. The number of thiol groups is 1. The molecule has 0 fully saturated rings. The van der Waals surface area contributed by atoms with Crippen molar-refractivity contribution in [1.82, 2.24) is 5.32 Å². The van der Waals surface area contributed by atoms with Gasteiger partial charge in [0.15, 0.2) is 0 Å². The van der Waals surface area contributed by atoms with Crippen molar-refractivity contribution in [2.24, 2.45) is 0 Å². The van der Waals surface area contributed by atoms with Gasteiger partial charge in [-0.15, -0.1) is 18.1 Å². The summed E-state index contributed by atoms with van der Waals surface area (Å²) >= 11 is 4.02. The number of benzene rings is 3. The quantitative estimate of drug-likeness (QED) is 0.440. The number of carbonyl (C=O) groups is 1. The normalized spacial score (nSPS) is 12.9. The van der Waals surface area contributed by atoms with Gasteiger partial charge in [-0.2, -0.15) is 0 Å². The van der Waals surface area contributed by atoms with Crippen LogP contribution in [0.15, 0.2) is 71.6 Å². The first kappa shape index (κ1) is 20.4. The van der Waals surface area contributed by atoms with Gasteiger partial charge in [-0.3, -0.25) is 0 Å². The molecule has 1 aliphatic carbocycles. The third-order valence-corrected chi connectivity index (χ3v) is 5.42. The Morgan fingerprint density at radius 2 is 1.57 bits per heavy atom. The van der Waals surface area contributed by atoms with E-state index < -0.39 is 18.5 Å². The van der Waals surface area contributed by atoms with E-state index in [2.05, 4.69) is 17.9 Å². The molecule has 1 aliphatic rings. The number of hydrogen-bond donors (Lipinski definition) is 2. The Kier molecular flexibility index (Phi) is 5.51. The third kappa shape index (κ3) is 4.19. The molecule has 30 heavy (non-hydrogen) atoms. The lowest BCUT2D eigenvalue weighted by Gasteiger charge is -2.17. The molecule has 4 rings (SSSR count). The van der Waals surface area contributed by atoms with Crippen molar-refractivity contribution in [3.8, 4) is 11.1 Å². The maximum Gasteiger partial charge on any atom is 0.509 e. The van der Waals surface area contributed by atoms with Crippen molar-refractivity contribution in [3.63, 3.8) is 0 Å². The van der Waals surface area contributed by atoms with Gasteiger partial charge in [-0.25, -0.2) is 4.79 Å². The van der Waals surface area contributed by atoms with E-state index in [0.717, 1.165) is 34.4 Å². The van der Waals surface area contributed by atoms with Crippen LogP contribution in [0.1, 0.15) is 22.6 Å². The summed E-state index contributed by atoms with van der Waals surface area (Å²) in [6, 6.07) is 19.4. The first-order valence-corrected chi connectivity index (χ1v) is 9.89. The number of ether oxygens (including phenoxy) is 1. The van der Waals surface area contributed by atoms with Crippen LogP contribution in [0.4, 0.5) is 17.7 Å². The Balaban J connectivity index is 1.41. The molecule has 0 heterocycles. The number of amides is 1. The van der Waals surface area contributed by atoms with Crippen molar-refractivity contribution in [1.29, 1.82) is 0 Å². The van der Waals surface area contributed by atoms with Crippen LogP contribution in [0.2, 0.25) is 0 Å². The minimum atomic E-state index is -5.14. The molecule has 8 heteroatoms. The maximum absolute atomic E-state index is 13.0. The Morgan fingerprint density at radius 3 is 2.17 bits per heavy atom. The molecule has 1 N–H and O–H groups in total. The number of halogens is 3. The number of fused-ring (bicyclic) bond motifs is 3. The molecule has 0 unspecified atom stereocenters. The van der Waals surface area contributed by atoms with E-state index in [1.165, 1.54) is 6.07 Å². The van der Waals surface area contributed by atoms with Gasteiger partial charge in [-0.05, 0) is 33.9 Å². The molecule has 0 radical (unpaired) electrons. The number of rotatable bonds is 5. The summed E-state index contributed by atoms with van der Waals surface area (Å²) < 4.78 is 44.4. The second kappa shape index (κ2) is 8.10. The predicted molar refractivity (Wildman–Crippen MR) is 114 cm³/mol. The van der Waals surface area contributed by atoms with Crippen LogP contribution in [0.5, 0.6) is 0 Å². The molecule has 3 nitrogen and oxygen atoms in total. The second-order valence-electron chi connectivity index (χ2n) is 7.19. The monoisotopic (exact) mass is 428 g/mol. The molecule has 0 saturated heterocycles. The zero-order chi connectivity index (χ0) is 21.3. The lowest BCUT2D eigenvalue weighted by molar-refractivity contribution is 0.142. The van der Waals surface area contributed by atoms with Gasteiger partial charge in [0.1, 0.15) is 6.61 Å². The Hall–Kier alpha value is -2.87. The fourth-order valence-electron chi connectivity index (χ4n) is 3.81. The van der Waals surface area contributed by atoms with Gasteiger partial charge in [0, 0.05) is 17.4 Å². The summed E-state index contributed by atoms with van der Waals surface area (Å²) in [6.45, 7) is -5.07. The van der Waals surface area contributed by atoms with Crippen molar-refractivity contribution < 1.29 is 22.5 Å². The Bertz CT molecular complexity index is 1060. The summed E-state index contributed by atoms with van der Waals surface area (Å²) in [5, 5.41) is 2.52. The molecule has 0 atom stereocenters. The summed E-state index contributed by atoms with van der Waals surface area (Å²) in [5.41, 5.74) is 3.98. The zero-order valence-corrected chi connectivity index (χ0v) is 16.7. The molecular formula is C22H18BF3NO2S-. The molecule has 0 spiro atoms. The fraction of sp³-hybridized carbons (Fsp3) is 0.136. The van der Waals surface area contributed by atoms with Gasteiger partial charge in [0.2, 0.25) is 0 Å². The van der Waals surface area contributed by atoms with Crippen LogP contribution in [0, 0.1) is 0 Å². The minimum absolute atomic E-state index is 0.0791. The second-order valence-corrected chi connectivity index (χ2v) is 7.70. The van der Waals surface area contributed by atoms with Crippen LogP contribution in [-0.4, -0.2) is 19.7 Å². The zero-order valence-electron chi connectivity index (χ0n) is 15.8. The molecule has 3 aromatic carbocycles. The lowest BCUT2D eigenvalue weighted by atomic mass is 9.79. The molecule has 0 bridgehead atoms. The Morgan fingerprint density at radius 1 is 0.967 bits per heavy atom. The van der Waals surface area contributed by atoms with Gasteiger partial charge >= 0.3 is 13.1 Å². The van der Waals surface area contributed by atoms with Crippen molar-refractivity contribution in [2.75, 3.05) is 6.61 Å². The first-order valence-electron chi connectivity index (χ1n) is 9.44. The standard InChI is InChI=1S/C22H18BF3NO2S/c24-23(25,26)15-9-14(10-16(30)11-15)12-27-22(28)29-13-21-19-7-3-1-5-17(19)18-6-2-4-8-20(18)21/h1-11,21,30H,12-13H2,(H,27,28)/q-1. The van der Waals surface area contributed by atoms with Crippen LogP contribution >= 0.6 is 12.6 Å². The van der Waals surface area contributed by atoms with Gasteiger partial charge < -0.3 is 23.0 Å². The highest BCUT2D eigenvalue weighted by atomic mass is 32.1. The average Bonchev–Trinajstić information content (AvgIpc) is 3.03. The molecule has 0 aromatic heterocycles. The molecule has 3 aromatic rings. The van der Waals surface area contributed by atoms with Gasteiger partial charge in [-0.1, -0.05) is 60.7 Å². The summed E-state index contributed by atoms with van der Waals surface area (Å²) in [6.07, 6.45) is -0.680. The van der Waals surface area contributed by atoms with E-state index in [1.54, 1.807) is 0 Å². The smallest absolute Gasteiger partial charge is 0.449 e. The van der Waals surface area contributed by atoms with E-state index in [-0.39, 0.29) is 24.0 Å². The molecule has 0 aliphatic heterocycles. The average molecular weight is 428 g/mol. The summed E-state index contributed by atoms with van der Waals surface area (Å²) in [4.78, 5) is 12.4. The van der Waals surface area contributed by atoms with E-state index in [0.29, 0.717) is 5.56 Å². The molecular weight excluding hydrogens is 410 g/mol. The minimum Gasteiger partial charge on any atom is -0.449 e. The van der Waals surface area contributed by atoms with Gasteiger partial charge in [0.05, 0.1) is 0 Å². The number of nitrogens with one attached hydrogen (secondary N) is 1. The number of alkyl carbamates (subject to hydrolysis) is 1. The summed E-state index contributed by atoms with van der Waals surface area (Å²) in [5.74, 6) is -0.0801. The van der Waals surface area contributed by atoms with Crippen LogP contribution in [0.25, 0.3) is 11.1 Å². The van der Waals surface area contributed by atoms with Crippen LogP contribution in [-0.2, 0) is 11.3 Å². The van der Waals surface area contributed by atoms with Crippen LogP contribution in [0.3, 0.4) is 0 Å². The molecule has 0 saturated carbocycles. The maximum atomic E-state index is 13.0. The number of carbonyl (C=O) groups excluding carboxylic acids is 1. The fourth-order valence-corrected chi connectivity index (χ4v) is 4.13. The molecule has 1 amide bonds. The molecule has 154 valence electrons. The topological polar surface area (TPSA) is 38.3 Å². The largest absolute Gasteiger partial charge is 0.509 e. The predicted octanol–water partition coefficient (Wildman–Crippen LogP) is 5.07. The van der Waals surface area contributed by atoms with E-state index in [1.807, 2.05) is 48.5 Å². The third-order valence-electron chi connectivity index (χ3n) is 5.16. The summed E-state index contributed by atoms with van der Waals surface area (Å²) in [7, 11) is 0. The highest BCUT2D eigenvalue weighted by Gasteiger charge is 2.29.